The molecule has 110 valence electrons. The van der Waals surface area contributed by atoms with Gasteiger partial charge in [-0.15, -0.1) is 0 Å². The zero-order chi connectivity index (χ0) is 15.5. The van der Waals surface area contributed by atoms with Crippen LogP contribution in [-0.2, 0) is 11.3 Å². The van der Waals surface area contributed by atoms with E-state index >= 15 is 0 Å². The van der Waals surface area contributed by atoms with Gasteiger partial charge in [-0.1, -0.05) is 18.2 Å². The summed E-state index contributed by atoms with van der Waals surface area (Å²) in [5.41, 5.74) is 2.58. The predicted octanol–water partition coefficient (Wildman–Crippen LogP) is 2.48. The highest BCUT2D eigenvalue weighted by molar-refractivity contribution is 7.80. The molecule has 1 heterocycles. The molecule has 3 rings (SSSR count). The molecule has 1 amide bonds. The number of cyclic esters (lactones) is 1. The third kappa shape index (κ3) is 2.96. The van der Waals surface area contributed by atoms with E-state index in [1.807, 2.05) is 6.07 Å². The van der Waals surface area contributed by atoms with Crippen LogP contribution in [0.1, 0.15) is 26.3 Å². The smallest absolute Gasteiger partial charge is 0.338 e. The lowest BCUT2D eigenvalue weighted by Crippen LogP contribution is -2.34. The Balaban J connectivity index is 1.65. The van der Waals surface area contributed by atoms with Crippen molar-refractivity contribution in [2.45, 2.75) is 6.61 Å². The maximum absolute atomic E-state index is 12.0. The van der Waals surface area contributed by atoms with E-state index in [1.54, 1.807) is 42.5 Å². The van der Waals surface area contributed by atoms with Crippen molar-refractivity contribution in [3.05, 3.63) is 65.2 Å². The summed E-state index contributed by atoms with van der Waals surface area (Å²) < 4.78 is 4.94. The zero-order valence-electron chi connectivity index (χ0n) is 11.5. The molecule has 22 heavy (non-hydrogen) atoms. The summed E-state index contributed by atoms with van der Waals surface area (Å²) >= 11 is 5.12. The van der Waals surface area contributed by atoms with Crippen molar-refractivity contribution in [2.24, 2.45) is 0 Å². The Morgan fingerprint density at radius 2 is 1.91 bits per heavy atom. The van der Waals surface area contributed by atoms with Gasteiger partial charge < -0.3 is 10.1 Å². The van der Waals surface area contributed by atoms with Crippen molar-refractivity contribution in [2.75, 3.05) is 5.32 Å². The Kier molecular flexibility index (Phi) is 3.84. The van der Waals surface area contributed by atoms with Gasteiger partial charge in [0.15, 0.2) is 5.11 Å². The number of amides is 1. The Hall–Kier alpha value is -2.73. The topological polar surface area (TPSA) is 67.4 Å². The van der Waals surface area contributed by atoms with E-state index in [2.05, 4.69) is 10.6 Å². The fourth-order valence-electron chi connectivity index (χ4n) is 2.14. The molecular weight excluding hydrogens is 300 g/mol. The second kappa shape index (κ2) is 5.95. The van der Waals surface area contributed by atoms with Gasteiger partial charge in [0, 0.05) is 16.8 Å². The van der Waals surface area contributed by atoms with Crippen LogP contribution in [0.5, 0.6) is 0 Å². The summed E-state index contributed by atoms with van der Waals surface area (Å²) in [7, 11) is 0. The van der Waals surface area contributed by atoms with Crippen LogP contribution in [-0.4, -0.2) is 17.0 Å². The number of carbonyl (C=O) groups is 2. The highest BCUT2D eigenvalue weighted by Crippen LogP contribution is 2.23. The molecule has 0 unspecified atom stereocenters. The van der Waals surface area contributed by atoms with Crippen LogP contribution in [0.3, 0.4) is 0 Å². The number of carbonyl (C=O) groups excluding carboxylic acids is 2. The van der Waals surface area contributed by atoms with Crippen molar-refractivity contribution in [3.8, 4) is 0 Å². The average Bonchev–Trinajstić information content (AvgIpc) is 2.89. The van der Waals surface area contributed by atoms with Crippen molar-refractivity contribution in [1.29, 1.82) is 0 Å². The second-order valence-corrected chi connectivity index (χ2v) is 5.13. The lowest BCUT2D eigenvalue weighted by atomic mass is 10.1. The predicted molar refractivity (Wildman–Crippen MR) is 85.7 cm³/mol. The minimum atomic E-state index is -0.318. The SMILES string of the molecule is O=C(NC(=S)Nc1ccc2c(c1)COC2=O)c1ccccc1. The van der Waals surface area contributed by atoms with Crippen LogP contribution in [0.25, 0.3) is 0 Å². The summed E-state index contributed by atoms with van der Waals surface area (Å²) in [6.07, 6.45) is 0. The van der Waals surface area contributed by atoms with Gasteiger partial charge in [-0.2, -0.15) is 0 Å². The standard InChI is InChI=1S/C16H12N2O3S/c19-14(10-4-2-1-3-5-10)18-16(22)17-12-6-7-13-11(8-12)9-21-15(13)20/h1-8H,9H2,(H2,17,18,19,22). The van der Waals surface area contributed by atoms with Crippen LogP contribution in [0.4, 0.5) is 5.69 Å². The quantitative estimate of drug-likeness (QED) is 0.659. The minimum Gasteiger partial charge on any atom is -0.457 e. The van der Waals surface area contributed by atoms with E-state index in [-0.39, 0.29) is 23.6 Å². The molecule has 0 saturated carbocycles. The Morgan fingerprint density at radius 3 is 2.68 bits per heavy atom. The highest BCUT2D eigenvalue weighted by Gasteiger charge is 2.21. The second-order valence-electron chi connectivity index (χ2n) is 4.72. The van der Waals surface area contributed by atoms with Gasteiger partial charge in [0.25, 0.3) is 5.91 Å². The number of thiocarbonyl (C=S) groups is 1. The zero-order valence-corrected chi connectivity index (χ0v) is 12.3. The first-order chi connectivity index (χ1) is 10.6. The first kappa shape index (κ1) is 14.2. The first-order valence-electron chi connectivity index (χ1n) is 6.61. The molecule has 6 heteroatoms. The van der Waals surface area contributed by atoms with Crippen molar-refractivity contribution in [1.82, 2.24) is 5.32 Å². The maximum atomic E-state index is 12.0. The van der Waals surface area contributed by atoms with Gasteiger partial charge in [0.2, 0.25) is 0 Å². The lowest BCUT2D eigenvalue weighted by Gasteiger charge is -2.10. The maximum Gasteiger partial charge on any atom is 0.338 e. The van der Waals surface area contributed by atoms with Gasteiger partial charge in [-0.25, -0.2) is 4.79 Å². The molecule has 2 N–H and O–H groups in total. The van der Waals surface area contributed by atoms with E-state index in [0.717, 1.165) is 5.56 Å². The van der Waals surface area contributed by atoms with E-state index in [9.17, 15) is 9.59 Å². The summed E-state index contributed by atoms with van der Waals surface area (Å²) in [6, 6.07) is 14.0. The molecule has 0 atom stereocenters. The van der Waals surface area contributed by atoms with E-state index in [4.69, 9.17) is 17.0 Å². The number of rotatable bonds is 2. The Morgan fingerprint density at radius 1 is 1.14 bits per heavy atom. The number of nitrogens with one attached hydrogen (secondary N) is 2. The lowest BCUT2D eigenvalue weighted by molar-refractivity contribution is 0.0535. The highest BCUT2D eigenvalue weighted by atomic mass is 32.1. The van der Waals surface area contributed by atoms with Gasteiger partial charge in [-0.05, 0) is 42.5 Å². The fourth-order valence-corrected chi connectivity index (χ4v) is 2.35. The molecule has 0 aromatic heterocycles. The molecule has 0 radical (unpaired) electrons. The number of esters is 1. The molecule has 1 aliphatic heterocycles. The number of benzene rings is 2. The number of hydrogen-bond donors (Lipinski definition) is 2. The number of fused-ring (bicyclic) bond motifs is 1. The average molecular weight is 312 g/mol. The summed E-state index contributed by atoms with van der Waals surface area (Å²) in [4.78, 5) is 23.3. The number of ether oxygens (including phenoxy) is 1. The first-order valence-corrected chi connectivity index (χ1v) is 7.02. The normalized spacial score (nSPS) is 12.3. The van der Waals surface area contributed by atoms with E-state index < -0.39 is 0 Å². The molecule has 0 saturated heterocycles. The fraction of sp³-hybridized carbons (Fsp3) is 0.0625. The molecule has 0 spiro atoms. The number of anilines is 1. The van der Waals surface area contributed by atoms with Crippen LogP contribution in [0.2, 0.25) is 0 Å². The molecule has 5 nitrogen and oxygen atoms in total. The van der Waals surface area contributed by atoms with Gasteiger partial charge in [0.05, 0.1) is 5.56 Å². The summed E-state index contributed by atoms with van der Waals surface area (Å²) in [5, 5.41) is 5.72. The molecule has 1 aliphatic rings. The largest absolute Gasteiger partial charge is 0.457 e. The molecular formula is C16H12N2O3S. The minimum absolute atomic E-state index is 0.194. The van der Waals surface area contributed by atoms with Gasteiger partial charge in [-0.3, -0.25) is 10.1 Å². The van der Waals surface area contributed by atoms with Crippen molar-refractivity contribution >= 4 is 34.9 Å². The van der Waals surface area contributed by atoms with Crippen LogP contribution in [0.15, 0.2) is 48.5 Å². The molecule has 2 aromatic rings. The Labute approximate surface area is 132 Å². The molecule has 0 bridgehead atoms. The van der Waals surface area contributed by atoms with E-state index in [0.29, 0.717) is 16.8 Å². The molecule has 2 aromatic carbocycles. The molecule has 0 aliphatic carbocycles. The number of hydrogen-bond acceptors (Lipinski definition) is 4. The van der Waals surface area contributed by atoms with Crippen LogP contribution in [0, 0.1) is 0 Å². The van der Waals surface area contributed by atoms with E-state index in [1.165, 1.54) is 0 Å². The van der Waals surface area contributed by atoms with Crippen molar-refractivity contribution in [3.63, 3.8) is 0 Å². The van der Waals surface area contributed by atoms with Crippen molar-refractivity contribution < 1.29 is 14.3 Å². The third-order valence-electron chi connectivity index (χ3n) is 3.20. The third-order valence-corrected chi connectivity index (χ3v) is 3.41. The van der Waals surface area contributed by atoms with Crippen LogP contribution < -0.4 is 10.6 Å². The Bertz CT molecular complexity index is 759. The summed E-state index contributed by atoms with van der Waals surface area (Å²) in [6.45, 7) is 0.257. The monoisotopic (exact) mass is 312 g/mol. The van der Waals surface area contributed by atoms with Gasteiger partial charge >= 0.3 is 5.97 Å². The van der Waals surface area contributed by atoms with Crippen LogP contribution >= 0.6 is 12.2 Å². The molecule has 0 fully saturated rings. The summed E-state index contributed by atoms with van der Waals surface area (Å²) in [5.74, 6) is -0.598. The van der Waals surface area contributed by atoms with Gasteiger partial charge in [0.1, 0.15) is 6.61 Å².